The van der Waals surface area contributed by atoms with Crippen molar-refractivity contribution in [2.45, 2.75) is 173 Å². The van der Waals surface area contributed by atoms with E-state index in [0.717, 1.165) is 25.7 Å². The zero-order valence-corrected chi connectivity index (χ0v) is 38.2. The number of nitrogens with zero attached hydrogens (tertiary/aromatic N) is 1. The van der Waals surface area contributed by atoms with Crippen molar-refractivity contribution in [3.05, 3.63) is 60.8 Å². The molecule has 0 bridgehead atoms. The van der Waals surface area contributed by atoms with Gasteiger partial charge < -0.3 is 43.2 Å². The number of phosphoric ester groups is 1. The first-order chi connectivity index (χ1) is 28.2. The summed E-state index contributed by atoms with van der Waals surface area (Å²) in [7, 11) is 0.942. The number of quaternary nitrogens is 1. The van der Waals surface area contributed by atoms with Crippen molar-refractivity contribution in [2.24, 2.45) is 0 Å². The summed E-state index contributed by atoms with van der Waals surface area (Å²) in [6.45, 7) is 3.62. The Balaban J connectivity index is 4.69. The number of aliphatic hydroxyl groups excluding tert-OH is 3. The van der Waals surface area contributed by atoms with Crippen LogP contribution in [0.15, 0.2) is 60.8 Å². The molecule has 0 aliphatic carbocycles. The molecule has 0 fully saturated rings. The van der Waals surface area contributed by atoms with Crippen LogP contribution in [0.2, 0.25) is 0 Å². The van der Waals surface area contributed by atoms with E-state index in [-0.39, 0.29) is 38.9 Å². The van der Waals surface area contributed by atoms with Crippen LogP contribution >= 0.6 is 7.82 Å². The molecular weight excluding hydrogens is 773 g/mol. The first-order valence-corrected chi connectivity index (χ1v) is 23.8. The largest absolute Gasteiger partial charge is 0.756 e. The van der Waals surface area contributed by atoms with Crippen molar-refractivity contribution in [1.29, 1.82) is 0 Å². The van der Waals surface area contributed by atoms with Gasteiger partial charge in [0.25, 0.3) is 7.82 Å². The van der Waals surface area contributed by atoms with E-state index in [1.807, 2.05) is 40.2 Å². The van der Waals surface area contributed by atoms with Crippen molar-refractivity contribution < 1.29 is 57.4 Å². The molecule has 0 aliphatic rings. The monoisotopic (exact) mass is 856 g/mol. The number of likely N-dealkylation sites (N-methyl/N-ethyl adjacent to an activating group) is 1. The van der Waals surface area contributed by atoms with Gasteiger partial charge in [0.1, 0.15) is 19.8 Å². The van der Waals surface area contributed by atoms with Crippen LogP contribution in [0, 0.1) is 0 Å². The summed E-state index contributed by atoms with van der Waals surface area (Å²) in [6.07, 6.45) is 33.4. The molecule has 59 heavy (non-hydrogen) atoms. The molecule has 0 aromatic heterocycles. The van der Waals surface area contributed by atoms with Crippen LogP contribution in [0.25, 0.3) is 0 Å². The lowest BCUT2D eigenvalue weighted by Crippen LogP contribution is -2.37. The van der Waals surface area contributed by atoms with Gasteiger partial charge in [0.15, 0.2) is 6.10 Å². The molecule has 12 nitrogen and oxygen atoms in total. The number of allylic oxidation sites excluding steroid dienone is 7. The quantitative estimate of drug-likeness (QED) is 0.0135. The van der Waals surface area contributed by atoms with Crippen LogP contribution in [0.4, 0.5) is 0 Å². The summed E-state index contributed by atoms with van der Waals surface area (Å²) < 4.78 is 33.6. The van der Waals surface area contributed by atoms with E-state index in [2.05, 4.69) is 6.92 Å². The minimum atomic E-state index is -4.72. The number of ether oxygens (including phenoxy) is 2. The van der Waals surface area contributed by atoms with Gasteiger partial charge in [-0.2, -0.15) is 0 Å². The number of carbonyl (C=O) groups is 2. The number of aliphatic hydroxyl groups is 3. The Kier molecular flexibility index (Phi) is 35.8. The lowest BCUT2D eigenvalue weighted by Gasteiger charge is -2.28. The van der Waals surface area contributed by atoms with Gasteiger partial charge in [0, 0.05) is 12.8 Å². The fourth-order valence-corrected chi connectivity index (χ4v) is 6.49. The second kappa shape index (κ2) is 37.4. The second-order valence-corrected chi connectivity index (χ2v) is 17.7. The van der Waals surface area contributed by atoms with E-state index >= 15 is 0 Å². The maximum absolute atomic E-state index is 12.7. The highest BCUT2D eigenvalue weighted by Crippen LogP contribution is 2.38. The fourth-order valence-electron chi connectivity index (χ4n) is 5.76. The first-order valence-electron chi connectivity index (χ1n) is 22.3. The first kappa shape index (κ1) is 56.6. The molecule has 342 valence electrons. The Labute approximate surface area is 357 Å². The van der Waals surface area contributed by atoms with Gasteiger partial charge in [-0.15, -0.1) is 0 Å². The third-order valence-corrected chi connectivity index (χ3v) is 10.4. The maximum Gasteiger partial charge on any atom is 0.306 e. The second-order valence-electron chi connectivity index (χ2n) is 16.3. The fraction of sp³-hybridized carbons (Fsp3) is 0.739. The zero-order chi connectivity index (χ0) is 44.0. The average molecular weight is 856 g/mol. The van der Waals surface area contributed by atoms with E-state index in [0.29, 0.717) is 23.9 Å². The van der Waals surface area contributed by atoms with Crippen LogP contribution < -0.4 is 4.89 Å². The predicted octanol–water partition coefficient (Wildman–Crippen LogP) is 8.74. The van der Waals surface area contributed by atoms with Gasteiger partial charge in [-0.05, 0) is 32.1 Å². The molecule has 3 N–H and O–H groups in total. The zero-order valence-electron chi connectivity index (χ0n) is 37.3. The molecule has 0 amide bonds. The van der Waals surface area contributed by atoms with Gasteiger partial charge in [-0.3, -0.25) is 14.2 Å². The van der Waals surface area contributed by atoms with E-state index < -0.39 is 50.8 Å². The third kappa shape index (κ3) is 39.5. The number of carbonyl (C=O) groups excluding carboxylic acids is 2. The molecule has 0 saturated carbocycles. The summed E-state index contributed by atoms with van der Waals surface area (Å²) in [5.41, 5.74) is 0. The van der Waals surface area contributed by atoms with Crippen LogP contribution in [0.5, 0.6) is 0 Å². The summed E-state index contributed by atoms with van der Waals surface area (Å²) in [5, 5.41) is 30.5. The molecule has 0 rings (SSSR count). The number of unbranched alkanes of at least 4 members (excludes halogenated alkanes) is 14. The molecule has 13 heteroatoms. The number of hydrogen-bond acceptors (Lipinski definition) is 11. The number of phosphoric acid groups is 1. The third-order valence-electron chi connectivity index (χ3n) is 9.39. The molecule has 0 saturated heterocycles. The summed E-state index contributed by atoms with van der Waals surface area (Å²) in [4.78, 5) is 37.6. The van der Waals surface area contributed by atoms with Gasteiger partial charge >= 0.3 is 11.9 Å². The van der Waals surface area contributed by atoms with Crippen LogP contribution in [-0.2, 0) is 32.7 Å². The Morgan fingerprint density at radius 2 is 1.19 bits per heavy atom. The maximum atomic E-state index is 12.7. The number of esters is 2. The molecular formula is C46H82NO11P. The van der Waals surface area contributed by atoms with Crippen molar-refractivity contribution in [2.75, 3.05) is 47.5 Å². The minimum Gasteiger partial charge on any atom is -0.756 e. The lowest BCUT2D eigenvalue weighted by molar-refractivity contribution is -0.870. The minimum absolute atomic E-state index is 0.0933. The van der Waals surface area contributed by atoms with Crippen LogP contribution in [0.1, 0.15) is 149 Å². The summed E-state index contributed by atoms with van der Waals surface area (Å²) in [5.74, 6) is -1.17. The SMILES string of the molecule is CC/C=C\C[C@H](O)/C=C/C=C/C=C\C=C/[C@@H](O)[C@H](O)CCCC(=O)O[C@H](COC(=O)CCCCCCCCCCCCCCCCC)COP(=O)([O-])OCC[N+](C)(C)C. The van der Waals surface area contributed by atoms with Gasteiger partial charge in [0.2, 0.25) is 0 Å². The summed E-state index contributed by atoms with van der Waals surface area (Å²) in [6, 6.07) is 0. The lowest BCUT2D eigenvalue weighted by atomic mass is 10.0. The standard InChI is InChI=1S/C46H82NO11P/c1-6-8-10-11-12-13-14-15-16-17-18-19-20-25-29-35-45(51)55-39-42(40-57-59(53,54)56-38-37-47(3,4)5)58-46(52)36-30-34-44(50)43(49)33-28-24-22-21-23-27-32-41(48)31-26-9-7-2/h9,21-24,26-28,32-33,41-44,48-50H,6-8,10-20,25,29-31,34-40H2,1-5H3/b23-21+,24-22-,26-9-,32-27+,33-28-/t41-,42+,43+,44+/m0/s1. The summed E-state index contributed by atoms with van der Waals surface area (Å²) >= 11 is 0. The van der Waals surface area contributed by atoms with E-state index in [9.17, 15) is 34.4 Å². The average Bonchev–Trinajstić information content (AvgIpc) is 3.17. The Bertz CT molecular complexity index is 1240. The van der Waals surface area contributed by atoms with Crippen molar-refractivity contribution in [3.63, 3.8) is 0 Å². The van der Waals surface area contributed by atoms with E-state index in [1.165, 1.54) is 76.7 Å². The van der Waals surface area contributed by atoms with Gasteiger partial charge in [-0.1, -0.05) is 164 Å². The molecule has 0 heterocycles. The molecule has 0 spiro atoms. The topological polar surface area (TPSA) is 172 Å². The highest BCUT2D eigenvalue weighted by atomic mass is 31.2. The normalized spacial score (nSPS) is 15.7. The Hall–Kier alpha value is -2.41. The Morgan fingerprint density at radius 3 is 1.75 bits per heavy atom. The predicted molar refractivity (Wildman–Crippen MR) is 235 cm³/mol. The van der Waals surface area contributed by atoms with Crippen molar-refractivity contribution in [1.82, 2.24) is 0 Å². The highest BCUT2D eigenvalue weighted by Gasteiger charge is 2.22. The van der Waals surface area contributed by atoms with Crippen molar-refractivity contribution >= 4 is 19.8 Å². The van der Waals surface area contributed by atoms with E-state index in [1.54, 1.807) is 42.5 Å². The molecule has 0 radical (unpaired) electrons. The van der Waals surface area contributed by atoms with Crippen LogP contribution in [0.3, 0.4) is 0 Å². The van der Waals surface area contributed by atoms with Gasteiger partial charge in [-0.25, -0.2) is 0 Å². The van der Waals surface area contributed by atoms with Crippen LogP contribution in [-0.4, -0.2) is 104 Å². The molecule has 0 aromatic carbocycles. The number of hydrogen-bond donors (Lipinski definition) is 3. The molecule has 0 aliphatic heterocycles. The van der Waals surface area contributed by atoms with Gasteiger partial charge in [0.05, 0.1) is 46.1 Å². The molecule has 0 aromatic rings. The van der Waals surface area contributed by atoms with E-state index in [4.69, 9.17) is 18.5 Å². The smallest absolute Gasteiger partial charge is 0.306 e. The molecule has 5 atom stereocenters. The highest BCUT2D eigenvalue weighted by molar-refractivity contribution is 7.45. The number of rotatable bonds is 39. The Morgan fingerprint density at radius 1 is 0.661 bits per heavy atom. The molecule has 1 unspecified atom stereocenters. The van der Waals surface area contributed by atoms with Crippen molar-refractivity contribution in [3.8, 4) is 0 Å².